The minimum Gasteiger partial charge on any atom is -0.478 e. The van der Waals surface area contributed by atoms with Crippen molar-refractivity contribution in [3.05, 3.63) is 28.2 Å². The van der Waals surface area contributed by atoms with E-state index in [9.17, 15) is 9.59 Å². The number of hydrogen-bond acceptors (Lipinski definition) is 3. The Kier molecular flexibility index (Phi) is 5.98. The van der Waals surface area contributed by atoms with E-state index in [1.54, 1.807) is 6.07 Å². The average Bonchev–Trinajstić information content (AvgIpc) is 2.31. The van der Waals surface area contributed by atoms with E-state index in [-0.39, 0.29) is 17.5 Å². The molecule has 1 unspecified atom stereocenters. The van der Waals surface area contributed by atoms with Gasteiger partial charge in [0.05, 0.1) is 11.3 Å². The highest BCUT2D eigenvalue weighted by Crippen LogP contribution is 2.24. The molecule has 1 atom stereocenters. The third kappa shape index (κ3) is 5.40. The fourth-order valence-corrected chi connectivity index (χ4v) is 1.90. The summed E-state index contributed by atoms with van der Waals surface area (Å²) in [5, 5.41) is 11.6. The molecule has 0 aliphatic rings. The molecule has 6 heteroatoms. The zero-order chi connectivity index (χ0) is 14.4. The predicted octanol–water partition coefficient (Wildman–Crippen LogP) is 2.60. The SMILES string of the molecule is CC(N)CCCC(=O)Nc1cc(C(=O)O)ccc1Br. The summed E-state index contributed by atoms with van der Waals surface area (Å²) in [6, 6.07) is 4.57. The van der Waals surface area contributed by atoms with Crippen molar-refractivity contribution in [1.82, 2.24) is 0 Å². The molecule has 0 aliphatic heterocycles. The number of amides is 1. The molecule has 19 heavy (non-hydrogen) atoms. The summed E-state index contributed by atoms with van der Waals surface area (Å²) in [4.78, 5) is 22.6. The zero-order valence-electron chi connectivity index (χ0n) is 10.6. The molecule has 4 N–H and O–H groups in total. The molecular weight excluding hydrogens is 312 g/mol. The molecule has 0 fully saturated rings. The van der Waals surface area contributed by atoms with Crippen LogP contribution in [-0.2, 0) is 4.79 Å². The molecule has 104 valence electrons. The highest BCUT2D eigenvalue weighted by atomic mass is 79.9. The number of carbonyl (C=O) groups is 2. The Hall–Kier alpha value is -1.40. The summed E-state index contributed by atoms with van der Waals surface area (Å²) < 4.78 is 0.651. The number of rotatable bonds is 6. The monoisotopic (exact) mass is 328 g/mol. The zero-order valence-corrected chi connectivity index (χ0v) is 12.2. The van der Waals surface area contributed by atoms with Crippen molar-refractivity contribution in [2.24, 2.45) is 5.73 Å². The number of carboxylic acid groups (broad SMARTS) is 1. The summed E-state index contributed by atoms with van der Waals surface area (Å²) in [7, 11) is 0. The first-order valence-electron chi connectivity index (χ1n) is 5.98. The van der Waals surface area contributed by atoms with Gasteiger partial charge in [-0.15, -0.1) is 0 Å². The number of anilines is 1. The minimum absolute atomic E-state index is 0.0786. The van der Waals surface area contributed by atoms with Crippen molar-refractivity contribution in [2.45, 2.75) is 32.2 Å². The van der Waals surface area contributed by atoms with Crippen LogP contribution in [0.5, 0.6) is 0 Å². The predicted molar refractivity (Wildman–Crippen MR) is 77.2 cm³/mol. The second-order valence-corrected chi connectivity index (χ2v) is 5.27. The summed E-state index contributed by atoms with van der Waals surface area (Å²) in [5.74, 6) is -1.18. The van der Waals surface area contributed by atoms with E-state index >= 15 is 0 Å². The van der Waals surface area contributed by atoms with Gasteiger partial charge >= 0.3 is 5.97 Å². The molecule has 5 nitrogen and oxygen atoms in total. The Bertz CT molecular complexity index is 475. The first kappa shape index (κ1) is 15.7. The largest absolute Gasteiger partial charge is 0.478 e. The number of carboxylic acids is 1. The van der Waals surface area contributed by atoms with Crippen LogP contribution in [0.15, 0.2) is 22.7 Å². The molecule has 0 aromatic heterocycles. The summed E-state index contributed by atoms with van der Waals surface area (Å²) in [6.45, 7) is 1.89. The molecule has 0 saturated heterocycles. The van der Waals surface area contributed by atoms with Crippen LogP contribution in [0.3, 0.4) is 0 Å². The van der Waals surface area contributed by atoms with Crippen molar-refractivity contribution in [3.8, 4) is 0 Å². The fraction of sp³-hybridized carbons (Fsp3) is 0.385. The Morgan fingerprint density at radius 3 is 2.74 bits per heavy atom. The van der Waals surface area contributed by atoms with Gasteiger partial charge in [0.25, 0.3) is 0 Å². The molecule has 0 radical (unpaired) electrons. The van der Waals surface area contributed by atoms with Crippen LogP contribution in [-0.4, -0.2) is 23.0 Å². The number of aromatic carboxylic acids is 1. The van der Waals surface area contributed by atoms with Crippen LogP contribution in [0.1, 0.15) is 36.5 Å². The molecule has 1 amide bonds. The maximum atomic E-state index is 11.7. The van der Waals surface area contributed by atoms with Gasteiger partial charge in [0.15, 0.2) is 0 Å². The Balaban J connectivity index is 2.63. The van der Waals surface area contributed by atoms with E-state index < -0.39 is 5.97 Å². The van der Waals surface area contributed by atoms with Crippen molar-refractivity contribution in [3.63, 3.8) is 0 Å². The van der Waals surface area contributed by atoms with Crippen molar-refractivity contribution < 1.29 is 14.7 Å². The quantitative estimate of drug-likeness (QED) is 0.748. The van der Waals surface area contributed by atoms with Crippen LogP contribution >= 0.6 is 15.9 Å². The van der Waals surface area contributed by atoms with Gasteiger partial charge in [0, 0.05) is 16.9 Å². The number of benzene rings is 1. The number of nitrogens with two attached hydrogens (primary N) is 1. The minimum atomic E-state index is -1.03. The number of hydrogen-bond donors (Lipinski definition) is 3. The van der Waals surface area contributed by atoms with Crippen LogP contribution in [0.2, 0.25) is 0 Å². The third-order valence-electron chi connectivity index (χ3n) is 2.55. The Morgan fingerprint density at radius 1 is 1.47 bits per heavy atom. The second-order valence-electron chi connectivity index (χ2n) is 4.42. The van der Waals surface area contributed by atoms with Crippen LogP contribution in [0, 0.1) is 0 Å². The Morgan fingerprint density at radius 2 is 2.16 bits per heavy atom. The average molecular weight is 329 g/mol. The van der Waals surface area contributed by atoms with E-state index in [2.05, 4.69) is 21.2 Å². The lowest BCUT2D eigenvalue weighted by Gasteiger charge is -2.09. The second kappa shape index (κ2) is 7.25. The molecule has 0 bridgehead atoms. The summed E-state index contributed by atoms with van der Waals surface area (Å²) in [6.07, 6.45) is 1.86. The molecular formula is C13H17BrN2O3. The lowest BCUT2D eigenvalue weighted by molar-refractivity contribution is -0.116. The van der Waals surface area contributed by atoms with Gasteiger partial charge in [-0.2, -0.15) is 0 Å². The van der Waals surface area contributed by atoms with E-state index in [0.717, 1.165) is 6.42 Å². The van der Waals surface area contributed by atoms with Gasteiger partial charge < -0.3 is 16.2 Å². The van der Waals surface area contributed by atoms with E-state index in [4.69, 9.17) is 10.8 Å². The standard InChI is InChI=1S/C13H17BrN2O3/c1-8(15)3-2-4-12(17)16-11-7-9(13(18)19)5-6-10(11)14/h5-8H,2-4,15H2,1H3,(H,16,17)(H,18,19). The number of nitrogens with one attached hydrogen (secondary N) is 1. The van der Waals surface area contributed by atoms with Crippen molar-refractivity contribution in [2.75, 3.05) is 5.32 Å². The molecule has 1 aromatic carbocycles. The highest BCUT2D eigenvalue weighted by molar-refractivity contribution is 9.10. The summed E-state index contributed by atoms with van der Waals surface area (Å²) >= 11 is 3.27. The normalized spacial score (nSPS) is 11.9. The van der Waals surface area contributed by atoms with E-state index in [1.807, 2.05) is 6.92 Å². The van der Waals surface area contributed by atoms with E-state index in [1.165, 1.54) is 12.1 Å². The summed E-state index contributed by atoms with van der Waals surface area (Å²) in [5.41, 5.74) is 6.20. The molecule has 0 heterocycles. The van der Waals surface area contributed by atoms with Crippen LogP contribution in [0.4, 0.5) is 5.69 Å². The maximum Gasteiger partial charge on any atom is 0.335 e. The highest BCUT2D eigenvalue weighted by Gasteiger charge is 2.10. The van der Waals surface area contributed by atoms with Gasteiger partial charge in [0.2, 0.25) is 5.91 Å². The maximum absolute atomic E-state index is 11.7. The first-order valence-corrected chi connectivity index (χ1v) is 6.77. The molecule has 1 aromatic rings. The molecule has 0 spiro atoms. The smallest absolute Gasteiger partial charge is 0.335 e. The molecule has 1 rings (SSSR count). The number of carbonyl (C=O) groups excluding carboxylic acids is 1. The topological polar surface area (TPSA) is 92.4 Å². The van der Waals surface area contributed by atoms with Gasteiger partial charge in [0.1, 0.15) is 0 Å². The van der Waals surface area contributed by atoms with Crippen LogP contribution < -0.4 is 11.1 Å². The van der Waals surface area contributed by atoms with Crippen molar-refractivity contribution >= 4 is 33.5 Å². The van der Waals surface area contributed by atoms with Gasteiger partial charge in [-0.1, -0.05) is 0 Å². The van der Waals surface area contributed by atoms with Crippen molar-refractivity contribution in [1.29, 1.82) is 0 Å². The molecule has 0 saturated carbocycles. The van der Waals surface area contributed by atoms with Crippen LogP contribution in [0.25, 0.3) is 0 Å². The lowest BCUT2D eigenvalue weighted by atomic mass is 10.1. The first-order chi connectivity index (χ1) is 8.90. The Labute approximate surface area is 120 Å². The molecule has 0 aliphatic carbocycles. The lowest BCUT2D eigenvalue weighted by Crippen LogP contribution is -2.17. The van der Waals surface area contributed by atoms with Gasteiger partial charge in [-0.25, -0.2) is 4.79 Å². The van der Waals surface area contributed by atoms with E-state index in [0.29, 0.717) is 23.0 Å². The number of halogens is 1. The van der Waals surface area contributed by atoms with Gasteiger partial charge in [-0.3, -0.25) is 4.79 Å². The van der Waals surface area contributed by atoms with Gasteiger partial charge in [-0.05, 0) is 53.9 Å². The third-order valence-corrected chi connectivity index (χ3v) is 3.24. The fourth-order valence-electron chi connectivity index (χ4n) is 1.55.